The van der Waals surface area contributed by atoms with E-state index in [4.69, 9.17) is 15.0 Å². The average Bonchev–Trinajstić information content (AvgIpc) is 3.17. The van der Waals surface area contributed by atoms with Crippen molar-refractivity contribution in [3.05, 3.63) is 24.0 Å². The lowest BCUT2D eigenvalue weighted by Gasteiger charge is -2.17. The Bertz CT molecular complexity index is 690. The Morgan fingerprint density at radius 2 is 2.00 bits per heavy atom. The molecule has 1 aliphatic carbocycles. The second-order valence-corrected chi connectivity index (χ2v) is 5.50. The van der Waals surface area contributed by atoms with Gasteiger partial charge in [0.2, 0.25) is 0 Å². The van der Waals surface area contributed by atoms with Crippen molar-refractivity contribution in [1.82, 2.24) is 10.1 Å². The molecular formula is C15H18ClF2N3O3. The first-order valence-electron chi connectivity index (χ1n) is 7.29. The van der Waals surface area contributed by atoms with Gasteiger partial charge < -0.3 is 19.7 Å². The third-order valence-electron chi connectivity index (χ3n) is 4.00. The topological polar surface area (TPSA) is 83.4 Å². The standard InChI is InChI=1S/C15H17F2N3O3.ClH/c1-21-10-6-4-5-9(11(10)22-14(16)17)12-19-13(20-23-12)15(18)7-2-3-8-15;/h4-6,14H,2-3,7-8,18H2,1H3;1H. The second-order valence-electron chi connectivity index (χ2n) is 5.50. The first kappa shape index (κ1) is 18.4. The number of halogens is 3. The van der Waals surface area contributed by atoms with E-state index in [1.54, 1.807) is 12.1 Å². The molecule has 1 saturated carbocycles. The number of benzene rings is 1. The Balaban J connectivity index is 0.00000208. The molecule has 0 saturated heterocycles. The summed E-state index contributed by atoms with van der Waals surface area (Å²) in [6.07, 6.45) is 3.54. The minimum atomic E-state index is -3.00. The largest absolute Gasteiger partial charge is 0.493 e. The van der Waals surface area contributed by atoms with Crippen molar-refractivity contribution in [1.29, 1.82) is 0 Å². The van der Waals surface area contributed by atoms with Crippen LogP contribution in [0.15, 0.2) is 22.7 Å². The molecule has 0 amide bonds. The first-order valence-corrected chi connectivity index (χ1v) is 7.29. The van der Waals surface area contributed by atoms with Gasteiger partial charge >= 0.3 is 6.61 Å². The van der Waals surface area contributed by atoms with E-state index in [1.165, 1.54) is 13.2 Å². The molecule has 0 atom stereocenters. The zero-order valence-electron chi connectivity index (χ0n) is 13.0. The molecule has 0 bridgehead atoms. The van der Waals surface area contributed by atoms with Crippen LogP contribution >= 0.6 is 12.4 Å². The molecule has 132 valence electrons. The van der Waals surface area contributed by atoms with Crippen molar-refractivity contribution in [2.24, 2.45) is 5.73 Å². The van der Waals surface area contributed by atoms with Gasteiger partial charge in [-0.2, -0.15) is 13.8 Å². The Morgan fingerprint density at radius 1 is 1.29 bits per heavy atom. The van der Waals surface area contributed by atoms with E-state index in [0.717, 1.165) is 25.7 Å². The molecular weight excluding hydrogens is 344 g/mol. The van der Waals surface area contributed by atoms with Gasteiger partial charge in [0.05, 0.1) is 18.2 Å². The molecule has 1 heterocycles. The zero-order valence-corrected chi connectivity index (χ0v) is 13.8. The number of para-hydroxylation sites is 1. The minimum Gasteiger partial charge on any atom is -0.493 e. The Hall–Kier alpha value is -1.93. The lowest BCUT2D eigenvalue weighted by atomic mass is 9.98. The SMILES string of the molecule is COc1cccc(-c2nc(C3(N)CCCC3)no2)c1OC(F)F.Cl. The smallest absolute Gasteiger partial charge is 0.387 e. The molecule has 2 aromatic rings. The molecule has 9 heteroatoms. The number of hydrogen-bond donors (Lipinski definition) is 1. The van der Waals surface area contributed by atoms with Crippen molar-refractivity contribution in [3.8, 4) is 23.0 Å². The Labute approximate surface area is 143 Å². The van der Waals surface area contributed by atoms with E-state index in [1.807, 2.05) is 0 Å². The molecule has 6 nitrogen and oxygen atoms in total. The maximum atomic E-state index is 12.7. The van der Waals surface area contributed by atoms with Crippen LogP contribution in [-0.2, 0) is 5.54 Å². The normalized spacial score (nSPS) is 16.0. The summed E-state index contributed by atoms with van der Waals surface area (Å²) in [5, 5.41) is 3.93. The van der Waals surface area contributed by atoms with Gasteiger partial charge in [0.25, 0.3) is 5.89 Å². The molecule has 1 fully saturated rings. The van der Waals surface area contributed by atoms with Crippen LogP contribution in [0.5, 0.6) is 11.5 Å². The number of ether oxygens (including phenoxy) is 2. The van der Waals surface area contributed by atoms with Gasteiger partial charge in [-0.3, -0.25) is 0 Å². The van der Waals surface area contributed by atoms with Crippen LogP contribution in [0.25, 0.3) is 11.5 Å². The molecule has 0 aliphatic heterocycles. The number of rotatable bonds is 5. The van der Waals surface area contributed by atoms with E-state index in [-0.39, 0.29) is 35.4 Å². The number of aromatic nitrogens is 2. The van der Waals surface area contributed by atoms with Gasteiger partial charge in [0.1, 0.15) is 0 Å². The van der Waals surface area contributed by atoms with Crippen molar-refractivity contribution in [2.45, 2.75) is 37.8 Å². The number of nitrogens with two attached hydrogens (primary N) is 1. The predicted octanol–water partition coefficient (Wildman–Crippen LogP) is 3.50. The molecule has 1 aliphatic rings. The lowest BCUT2D eigenvalue weighted by molar-refractivity contribution is -0.0508. The maximum absolute atomic E-state index is 12.7. The Morgan fingerprint density at radius 3 is 2.62 bits per heavy atom. The van der Waals surface area contributed by atoms with Crippen LogP contribution in [0.1, 0.15) is 31.5 Å². The third-order valence-corrected chi connectivity index (χ3v) is 4.00. The van der Waals surface area contributed by atoms with Crippen LogP contribution in [0, 0.1) is 0 Å². The highest BCUT2D eigenvalue weighted by Crippen LogP contribution is 2.40. The summed E-state index contributed by atoms with van der Waals surface area (Å²) in [6.45, 7) is -3.00. The Kier molecular flexibility index (Phi) is 5.61. The van der Waals surface area contributed by atoms with Gasteiger partial charge in [-0.05, 0) is 25.0 Å². The third kappa shape index (κ3) is 3.44. The van der Waals surface area contributed by atoms with Gasteiger partial charge in [-0.15, -0.1) is 12.4 Å². The number of nitrogens with zero attached hydrogens (tertiary/aromatic N) is 2. The van der Waals surface area contributed by atoms with Gasteiger partial charge in [0, 0.05) is 0 Å². The van der Waals surface area contributed by atoms with Gasteiger partial charge in [-0.1, -0.05) is 24.1 Å². The fourth-order valence-corrected chi connectivity index (χ4v) is 2.82. The molecule has 1 aromatic heterocycles. The van der Waals surface area contributed by atoms with Crippen LogP contribution in [0.2, 0.25) is 0 Å². The van der Waals surface area contributed by atoms with Crippen LogP contribution in [-0.4, -0.2) is 23.9 Å². The van der Waals surface area contributed by atoms with E-state index in [0.29, 0.717) is 5.82 Å². The summed E-state index contributed by atoms with van der Waals surface area (Å²) in [4.78, 5) is 4.29. The second kappa shape index (κ2) is 7.31. The maximum Gasteiger partial charge on any atom is 0.387 e. The summed E-state index contributed by atoms with van der Waals surface area (Å²) >= 11 is 0. The van der Waals surface area contributed by atoms with Crippen molar-refractivity contribution in [2.75, 3.05) is 7.11 Å². The molecule has 0 unspecified atom stereocenters. The van der Waals surface area contributed by atoms with Crippen molar-refractivity contribution >= 4 is 12.4 Å². The summed E-state index contributed by atoms with van der Waals surface area (Å²) in [7, 11) is 1.37. The molecule has 24 heavy (non-hydrogen) atoms. The highest BCUT2D eigenvalue weighted by molar-refractivity contribution is 5.85. The first-order chi connectivity index (χ1) is 11.0. The number of methoxy groups -OCH3 is 1. The highest BCUT2D eigenvalue weighted by Gasteiger charge is 2.36. The van der Waals surface area contributed by atoms with E-state index in [2.05, 4.69) is 14.9 Å². The summed E-state index contributed by atoms with van der Waals surface area (Å²) < 4.78 is 40.2. The fourth-order valence-electron chi connectivity index (χ4n) is 2.82. The predicted molar refractivity (Wildman–Crippen MR) is 84.5 cm³/mol. The van der Waals surface area contributed by atoms with Crippen LogP contribution < -0.4 is 15.2 Å². The van der Waals surface area contributed by atoms with E-state index < -0.39 is 12.2 Å². The molecule has 1 aromatic carbocycles. The van der Waals surface area contributed by atoms with E-state index in [9.17, 15) is 8.78 Å². The fraction of sp³-hybridized carbons (Fsp3) is 0.467. The average molecular weight is 362 g/mol. The lowest BCUT2D eigenvalue weighted by Crippen LogP contribution is -2.34. The van der Waals surface area contributed by atoms with Gasteiger partial charge in [0.15, 0.2) is 17.3 Å². The highest BCUT2D eigenvalue weighted by atomic mass is 35.5. The van der Waals surface area contributed by atoms with Gasteiger partial charge in [-0.25, -0.2) is 0 Å². The van der Waals surface area contributed by atoms with Crippen LogP contribution in [0.4, 0.5) is 8.78 Å². The summed E-state index contributed by atoms with van der Waals surface area (Å²) in [5.41, 5.74) is 5.91. The summed E-state index contributed by atoms with van der Waals surface area (Å²) in [5.74, 6) is 0.477. The van der Waals surface area contributed by atoms with Crippen LogP contribution in [0.3, 0.4) is 0 Å². The van der Waals surface area contributed by atoms with Crippen molar-refractivity contribution in [3.63, 3.8) is 0 Å². The molecule has 0 radical (unpaired) electrons. The zero-order chi connectivity index (χ0) is 16.4. The monoisotopic (exact) mass is 361 g/mol. The number of alkyl halides is 2. The molecule has 2 N–H and O–H groups in total. The molecule has 3 rings (SSSR count). The minimum absolute atomic E-state index is 0. The van der Waals surface area contributed by atoms with Crippen molar-refractivity contribution < 1.29 is 22.8 Å². The number of hydrogen-bond acceptors (Lipinski definition) is 6. The molecule has 0 spiro atoms. The quantitative estimate of drug-likeness (QED) is 0.877. The summed E-state index contributed by atoms with van der Waals surface area (Å²) in [6, 6.07) is 4.69. The van der Waals surface area contributed by atoms with E-state index >= 15 is 0 Å².